The summed E-state index contributed by atoms with van der Waals surface area (Å²) in [5, 5.41) is 8.72. The highest BCUT2D eigenvalue weighted by atomic mass is 35.5. The molecule has 0 spiro atoms. The van der Waals surface area contributed by atoms with Crippen LogP contribution in [0.25, 0.3) is 0 Å². The average molecular weight is 327 g/mol. The van der Waals surface area contributed by atoms with Gasteiger partial charge < -0.3 is 20.9 Å². The average Bonchev–Trinajstić information content (AvgIpc) is 2.42. The van der Waals surface area contributed by atoms with E-state index in [1.165, 1.54) is 0 Å². The third-order valence-electron chi connectivity index (χ3n) is 2.92. The third kappa shape index (κ3) is 5.81. The summed E-state index contributed by atoms with van der Waals surface area (Å²) in [5.41, 5.74) is 1.48. The second-order valence-corrected chi connectivity index (χ2v) is 5.82. The third-order valence-corrected chi connectivity index (χ3v) is 3.16. The van der Waals surface area contributed by atoms with Crippen LogP contribution in [-0.2, 0) is 4.79 Å². The lowest BCUT2D eigenvalue weighted by atomic mass is 10.2. The Morgan fingerprint density at radius 1 is 1.18 bits per heavy atom. The molecule has 1 aromatic carbocycles. The number of hydrogen-bond acceptors (Lipinski definition) is 3. The normalized spacial score (nSPS) is 10.3. The van der Waals surface area contributed by atoms with E-state index < -0.39 is 0 Å². The van der Waals surface area contributed by atoms with Gasteiger partial charge in [0.15, 0.2) is 0 Å². The summed E-state index contributed by atoms with van der Waals surface area (Å²) in [7, 11) is 3.77. The molecule has 0 fully saturated rings. The first kappa shape index (κ1) is 18.1. The van der Waals surface area contributed by atoms with Crippen LogP contribution < -0.4 is 20.9 Å². The number of benzene rings is 1. The van der Waals surface area contributed by atoms with Gasteiger partial charge >= 0.3 is 6.03 Å². The largest absolute Gasteiger partial charge is 0.376 e. The highest BCUT2D eigenvalue weighted by molar-refractivity contribution is 6.31. The van der Waals surface area contributed by atoms with Crippen LogP contribution in [0.5, 0.6) is 0 Å². The van der Waals surface area contributed by atoms with E-state index in [0.717, 1.165) is 5.69 Å². The fourth-order valence-corrected chi connectivity index (χ4v) is 1.90. The Labute approximate surface area is 136 Å². The predicted molar refractivity (Wildman–Crippen MR) is 90.6 cm³/mol. The summed E-state index contributed by atoms with van der Waals surface area (Å²) >= 11 is 5.96. The van der Waals surface area contributed by atoms with Crippen LogP contribution in [0.3, 0.4) is 0 Å². The molecule has 0 atom stereocenters. The molecule has 0 aliphatic rings. The molecule has 0 saturated carbocycles. The standard InChI is InChI=1S/C15H23ClN4O2/c1-10(2)14(21)17-7-8-18-15(22)19-12-9-11(16)5-6-13(12)20(3)4/h5-6,9-10H,7-8H2,1-4H3,(H,17,21)(H2,18,19,22). The van der Waals surface area contributed by atoms with E-state index in [4.69, 9.17) is 11.6 Å². The summed E-state index contributed by atoms with van der Waals surface area (Å²) in [6.07, 6.45) is 0. The number of nitrogens with zero attached hydrogens (tertiary/aromatic N) is 1. The van der Waals surface area contributed by atoms with Crippen molar-refractivity contribution < 1.29 is 9.59 Å². The van der Waals surface area contributed by atoms with Gasteiger partial charge in [0, 0.05) is 38.1 Å². The molecule has 0 heterocycles. The van der Waals surface area contributed by atoms with Gasteiger partial charge in [-0.2, -0.15) is 0 Å². The molecule has 0 saturated heterocycles. The number of carbonyl (C=O) groups is 2. The molecular weight excluding hydrogens is 304 g/mol. The van der Waals surface area contributed by atoms with Crippen LogP contribution in [0, 0.1) is 5.92 Å². The SMILES string of the molecule is CC(C)C(=O)NCCNC(=O)Nc1cc(Cl)ccc1N(C)C. The van der Waals surface area contributed by atoms with E-state index in [-0.39, 0.29) is 17.9 Å². The van der Waals surface area contributed by atoms with Crippen LogP contribution in [0.15, 0.2) is 18.2 Å². The molecule has 3 amide bonds. The van der Waals surface area contributed by atoms with Crippen molar-refractivity contribution in [3.63, 3.8) is 0 Å². The number of nitrogens with one attached hydrogen (secondary N) is 3. The lowest BCUT2D eigenvalue weighted by molar-refractivity contribution is -0.123. The summed E-state index contributed by atoms with van der Waals surface area (Å²) in [5.74, 6) is -0.102. The van der Waals surface area contributed by atoms with E-state index >= 15 is 0 Å². The Bertz CT molecular complexity index is 532. The van der Waals surface area contributed by atoms with Crippen molar-refractivity contribution in [2.75, 3.05) is 37.4 Å². The first-order valence-electron chi connectivity index (χ1n) is 7.10. The number of rotatable bonds is 6. The molecule has 0 unspecified atom stereocenters. The molecule has 0 aliphatic carbocycles. The molecule has 22 heavy (non-hydrogen) atoms. The minimum Gasteiger partial charge on any atom is -0.376 e. The van der Waals surface area contributed by atoms with Crippen molar-refractivity contribution in [1.29, 1.82) is 0 Å². The zero-order chi connectivity index (χ0) is 16.7. The van der Waals surface area contributed by atoms with Gasteiger partial charge in [-0.05, 0) is 18.2 Å². The van der Waals surface area contributed by atoms with Crippen molar-refractivity contribution in [3.05, 3.63) is 23.2 Å². The van der Waals surface area contributed by atoms with Crippen LogP contribution in [0.1, 0.15) is 13.8 Å². The molecule has 0 radical (unpaired) electrons. The van der Waals surface area contributed by atoms with Crippen molar-refractivity contribution in [2.24, 2.45) is 5.92 Å². The quantitative estimate of drug-likeness (QED) is 0.702. The van der Waals surface area contributed by atoms with Crippen molar-refractivity contribution in [1.82, 2.24) is 10.6 Å². The van der Waals surface area contributed by atoms with Crippen LogP contribution in [-0.4, -0.2) is 39.1 Å². The van der Waals surface area contributed by atoms with Gasteiger partial charge in [0.2, 0.25) is 5.91 Å². The Balaban J connectivity index is 2.49. The Morgan fingerprint density at radius 3 is 2.41 bits per heavy atom. The zero-order valence-electron chi connectivity index (χ0n) is 13.4. The summed E-state index contributed by atoms with van der Waals surface area (Å²) in [4.78, 5) is 25.1. The summed E-state index contributed by atoms with van der Waals surface area (Å²) < 4.78 is 0. The first-order chi connectivity index (χ1) is 10.3. The molecule has 6 nitrogen and oxygen atoms in total. The number of amides is 3. The molecule has 0 aliphatic heterocycles. The maximum atomic E-state index is 11.9. The lowest BCUT2D eigenvalue weighted by Gasteiger charge is -2.18. The maximum Gasteiger partial charge on any atom is 0.319 e. The molecule has 0 bridgehead atoms. The zero-order valence-corrected chi connectivity index (χ0v) is 14.1. The molecular formula is C15H23ClN4O2. The van der Waals surface area contributed by atoms with Gasteiger partial charge in [-0.1, -0.05) is 25.4 Å². The number of anilines is 2. The van der Waals surface area contributed by atoms with E-state index in [0.29, 0.717) is 23.8 Å². The van der Waals surface area contributed by atoms with Gasteiger partial charge in [0.25, 0.3) is 0 Å². The number of carbonyl (C=O) groups excluding carboxylic acids is 2. The minimum atomic E-state index is -0.343. The number of halogens is 1. The van der Waals surface area contributed by atoms with E-state index in [1.807, 2.05) is 38.9 Å². The molecule has 7 heteroatoms. The Hall–Kier alpha value is -1.95. The highest BCUT2D eigenvalue weighted by Gasteiger charge is 2.09. The fourth-order valence-electron chi connectivity index (χ4n) is 1.73. The molecule has 0 aromatic heterocycles. The van der Waals surface area contributed by atoms with Gasteiger partial charge in [-0.15, -0.1) is 0 Å². The molecule has 1 aromatic rings. The van der Waals surface area contributed by atoms with Crippen molar-refractivity contribution in [3.8, 4) is 0 Å². The maximum absolute atomic E-state index is 11.9. The van der Waals surface area contributed by atoms with E-state index in [1.54, 1.807) is 12.1 Å². The van der Waals surface area contributed by atoms with Crippen LogP contribution in [0.4, 0.5) is 16.2 Å². The van der Waals surface area contributed by atoms with Gasteiger partial charge in [0.05, 0.1) is 11.4 Å². The minimum absolute atomic E-state index is 0.0352. The lowest BCUT2D eigenvalue weighted by Crippen LogP contribution is -2.38. The molecule has 3 N–H and O–H groups in total. The first-order valence-corrected chi connectivity index (χ1v) is 7.48. The predicted octanol–water partition coefficient (Wildman–Crippen LogP) is 2.30. The van der Waals surface area contributed by atoms with Crippen molar-refractivity contribution in [2.45, 2.75) is 13.8 Å². The topological polar surface area (TPSA) is 73.5 Å². The molecule has 122 valence electrons. The second kappa shape index (κ2) is 8.48. The fraction of sp³-hybridized carbons (Fsp3) is 0.467. The Kier molecular flexibility index (Phi) is 6.98. The monoisotopic (exact) mass is 326 g/mol. The van der Waals surface area contributed by atoms with Gasteiger partial charge in [0.1, 0.15) is 0 Å². The van der Waals surface area contributed by atoms with Crippen molar-refractivity contribution >= 4 is 34.9 Å². The van der Waals surface area contributed by atoms with Gasteiger partial charge in [-0.25, -0.2) is 4.79 Å². The highest BCUT2D eigenvalue weighted by Crippen LogP contribution is 2.27. The van der Waals surface area contributed by atoms with Crippen LogP contribution in [0.2, 0.25) is 5.02 Å². The van der Waals surface area contributed by atoms with E-state index in [2.05, 4.69) is 16.0 Å². The Morgan fingerprint density at radius 2 is 1.82 bits per heavy atom. The number of hydrogen-bond donors (Lipinski definition) is 3. The van der Waals surface area contributed by atoms with Crippen LogP contribution >= 0.6 is 11.6 Å². The van der Waals surface area contributed by atoms with Gasteiger partial charge in [-0.3, -0.25) is 4.79 Å². The smallest absolute Gasteiger partial charge is 0.319 e. The summed E-state index contributed by atoms with van der Waals surface area (Å²) in [6, 6.07) is 4.95. The van der Waals surface area contributed by atoms with E-state index in [9.17, 15) is 9.59 Å². The second-order valence-electron chi connectivity index (χ2n) is 5.38. The number of urea groups is 1. The summed E-state index contributed by atoms with van der Waals surface area (Å²) in [6.45, 7) is 4.37. The molecule has 1 rings (SSSR count).